The number of carbonyl (C=O) groups excluding carboxylic acids is 1. The Balaban J connectivity index is 1.36. The van der Waals surface area contributed by atoms with Crippen LogP contribution in [-0.2, 0) is 11.3 Å². The molecule has 1 amide bonds. The fraction of sp³-hybridized carbons (Fsp3) is 0.500. The van der Waals surface area contributed by atoms with Gasteiger partial charge in [0.2, 0.25) is 5.91 Å². The third-order valence-electron chi connectivity index (χ3n) is 4.53. The van der Waals surface area contributed by atoms with Crippen molar-refractivity contribution in [2.45, 2.75) is 38.8 Å². The lowest BCUT2D eigenvalue weighted by molar-refractivity contribution is -0.129. The Labute approximate surface area is 151 Å². The van der Waals surface area contributed by atoms with Crippen LogP contribution >= 0.6 is 0 Å². The van der Waals surface area contributed by atoms with Crippen molar-refractivity contribution in [3.63, 3.8) is 0 Å². The molecule has 140 valence electrons. The standard InChI is InChI=1S/C18H23FN4O3/c1-13-17(22-26-21-13)12-23-15(4-7-18(23)24)8-9-20-10-11-25-16-5-2-14(19)3-6-16/h2-3,5-6,15,20H,4,7-12H2,1H3. The molecular weight excluding hydrogens is 339 g/mol. The summed E-state index contributed by atoms with van der Waals surface area (Å²) in [7, 11) is 0. The predicted molar refractivity (Wildman–Crippen MR) is 92.0 cm³/mol. The summed E-state index contributed by atoms with van der Waals surface area (Å²) in [5.74, 6) is 0.525. The molecule has 1 atom stereocenters. The van der Waals surface area contributed by atoms with Crippen LogP contribution in [0.25, 0.3) is 0 Å². The molecule has 8 heteroatoms. The summed E-state index contributed by atoms with van der Waals surface area (Å²) in [6.45, 7) is 4.25. The van der Waals surface area contributed by atoms with Gasteiger partial charge in [0.1, 0.15) is 29.6 Å². The molecule has 2 heterocycles. The second-order valence-electron chi connectivity index (χ2n) is 6.35. The fourth-order valence-corrected chi connectivity index (χ4v) is 3.03. The highest BCUT2D eigenvalue weighted by atomic mass is 19.1. The van der Waals surface area contributed by atoms with Gasteiger partial charge >= 0.3 is 0 Å². The monoisotopic (exact) mass is 362 g/mol. The van der Waals surface area contributed by atoms with Gasteiger partial charge in [0.25, 0.3) is 0 Å². The van der Waals surface area contributed by atoms with Crippen molar-refractivity contribution in [2.75, 3.05) is 19.7 Å². The molecule has 1 fully saturated rings. The van der Waals surface area contributed by atoms with Crippen molar-refractivity contribution < 1.29 is 18.6 Å². The number of benzene rings is 1. The first-order valence-electron chi connectivity index (χ1n) is 8.80. The molecule has 7 nitrogen and oxygen atoms in total. The summed E-state index contributed by atoms with van der Waals surface area (Å²) in [4.78, 5) is 14.0. The highest BCUT2D eigenvalue weighted by Gasteiger charge is 2.31. The number of aryl methyl sites for hydroxylation is 1. The average molecular weight is 362 g/mol. The van der Waals surface area contributed by atoms with Gasteiger partial charge in [-0.3, -0.25) is 4.79 Å². The molecule has 0 spiro atoms. The molecule has 1 aromatic heterocycles. The average Bonchev–Trinajstić information content (AvgIpc) is 3.20. The Bertz CT molecular complexity index is 719. The number of nitrogens with one attached hydrogen (secondary N) is 1. The lowest BCUT2D eigenvalue weighted by Crippen LogP contribution is -2.35. The first-order chi connectivity index (χ1) is 12.6. The van der Waals surface area contributed by atoms with E-state index < -0.39 is 0 Å². The number of rotatable bonds is 9. The summed E-state index contributed by atoms with van der Waals surface area (Å²) in [5.41, 5.74) is 1.44. The number of amides is 1. The van der Waals surface area contributed by atoms with Crippen molar-refractivity contribution in [1.29, 1.82) is 0 Å². The third-order valence-corrected chi connectivity index (χ3v) is 4.53. The summed E-state index contributed by atoms with van der Waals surface area (Å²) in [6.07, 6.45) is 2.30. The quantitative estimate of drug-likeness (QED) is 0.688. The largest absolute Gasteiger partial charge is 0.492 e. The summed E-state index contributed by atoms with van der Waals surface area (Å²) < 4.78 is 23.1. The summed E-state index contributed by atoms with van der Waals surface area (Å²) in [5, 5.41) is 10.9. The van der Waals surface area contributed by atoms with Crippen molar-refractivity contribution >= 4 is 5.91 Å². The number of likely N-dealkylation sites (tertiary alicyclic amines) is 1. The first-order valence-corrected chi connectivity index (χ1v) is 8.80. The Hall–Kier alpha value is -2.48. The maximum absolute atomic E-state index is 12.8. The van der Waals surface area contributed by atoms with E-state index in [0.717, 1.165) is 25.1 Å². The van der Waals surface area contributed by atoms with E-state index in [4.69, 9.17) is 9.37 Å². The minimum Gasteiger partial charge on any atom is -0.492 e. The molecule has 1 saturated heterocycles. The summed E-state index contributed by atoms with van der Waals surface area (Å²) in [6, 6.07) is 6.17. The van der Waals surface area contributed by atoms with Gasteiger partial charge in [-0.15, -0.1) is 0 Å². The molecule has 3 rings (SSSR count). The van der Waals surface area contributed by atoms with E-state index in [-0.39, 0.29) is 17.8 Å². The highest BCUT2D eigenvalue weighted by Crippen LogP contribution is 2.23. The fourth-order valence-electron chi connectivity index (χ4n) is 3.03. The summed E-state index contributed by atoms with van der Waals surface area (Å²) >= 11 is 0. The Morgan fingerprint density at radius 3 is 2.85 bits per heavy atom. The number of carbonyl (C=O) groups is 1. The van der Waals surface area contributed by atoms with Crippen LogP contribution < -0.4 is 10.1 Å². The molecule has 0 radical (unpaired) electrons. The molecule has 1 unspecified atom stereocenters. The van der Waals surface area contributed by atoms with E-state index in [1.807, 2.05) is 11.8 Å². The zero-order chi connectivity index (χ0) is 18.4. The van der Waals surface area contributed by atoms with Crippen molar-refractivity contribution in [3.05, 3.63) is 41.5 Å². The lowest BCUT2D eigenvalue weighted by Gasteiger charge is -2.24. The highest BCUT2D eigenvalue weighted by molar-refractivity contribution is 5.78. The number of halogens is 1. The molecule has 2 aromatic rings. The number of hydrogen-bond acceptors (Lipinski definition) is 6. The topological polar surface area (TPSA) is 80.5 Å². The van der Waals surface area contributed by atoms with Gasteiger partial charge in [-0.05, 0) is 50.6 Å². The van der Waals surface area contributed by atoms with Gasteiger partial charge in [-0.25, -0.2) is 9.02 Å². The SMILES string of the molecule is Cc1nonc1CN1C(=O)CCC1CCNCCOc1ccc(F)cc1. The molecule has 1 aromatic carbocycles. The number of aromatic nitrogens is 2. The molecule has 0 saturated carbocycles. The molecule has 1 aliphatic heterocycles. The van der Waals surface area contributed by atoms with E-state index in [2.05, 4.69) is 15.6 Å². The van der Waals surface area contributed by atoms with Crippen LogP contribution in [0.5, 0.6) is 5.75 Å². The third kappa shape index (κ3) is 4.78. The lowest BCUT2D eigenvalue weighted by atomic mass is 10.1. The van der Waals surface area contributed by atoms with E-state index in [0.29, 0.717) is 37.6 Å². The van der Waals surface area contributed by atoms with Gasteiger partial charge in [0.15, 0.2) is 0 Å². The normalized spacial score (nSPS) is 17.1. The molecule has 1 N–H and O–H groups in total. The maximum atomic E-state index is 12.8. The van der Waals surface area contributed by atoms with Crippen molar-refractivity contribution in [3.8, 4) is 5.75 Å². The van der Waals surface area contributed by atoms with Gasteiger partial charge in [-0.1, -0.05) is 10.3 Å². The zero-order valence-electron chi connectivity index (χ0n) is 14.8. The minimum absolute atomic E-state index is 0.150. The smallest absolute Gasteiger partial charge is 0.223 e. The van der Waals surface area contributed by atoms with Crippen LogP contribution in [0.2, 0.25) is 0 Å². The van der Waals surface area contributed by atoms with Gasteiger partial charge < -0.3 is 15.0 Å². The maximum Gasteiger partial charge on any atom is 0.223 e. The Morgan fingerprint density at radius 2 is 2.12 bits per heavy atom. The van der Waals surface area contributed by atoms with Crippen molar-refractivity contribution in [2.24, 2.45) is 0 Å². The molecular formula is C18H23FN4O3. The molecule has 26 heavy (non-hydrogen) atoms. The van der Waals surface area contributed by atoms with Crippen molar-refractivity contribution in [1.82, 2.24) is 20.5 Å². The minimum atomic E-state index is -0.275. The van der Waals surface area contributed by atoms with E-state index in [9.17, 15) is 9.18 Å². The van der Waals surface area contributed by atoms with E-state index >= 15 is 0 Å². The zero-order valence-corrected chi connectivity index (χ0v) is 14.8. The van der Waals surface area contributed by atoms with Crippen LogP contribution in [0.4, 0.5) is 4.39 Å². The van der Waals surface area contributed by atoms with Crippen LogP contribution in [0.15, 0.2) is 28.9 Å². The Kier molecular flexibility index (Phi) is 6.17. The Morgan fingerprint density at radius 1 is 1.31 bits per heavy atom. The van der Waals surface area contributed by atoms with E-state index in [1.165, 1.54) is 12.1 Å². The number of nitrogens with zero attached hydrogens (tertiary/aromatic N) is 3. The molecule has 1 aliphatic rings. The predicted octanol–water partition coefficient (Wildman–Crippen LogP) is 2.07. The van der Waals surface area contributed by atoms with Gasteiger partial charge in [0.05, 0.1) is 6.54 Å². The van der Waals surface area contributed by atoms with Gasteiger partial charge in [-0.2, -0.15) is 0 Å². The molecule has 0 aliphatic carbocycles. The van der Waals surface area contributed by atoms with Crippen LogP contribution in [0, 0.1) is 12.7 Å². The first kappa shape index (κ1) is 18.3. The van der Waals surface area contributed by atoms with Gasteiger partial charge in [0, 0.05) is 19.0 Å². The van der Waals surface area contributed by atoms with E-state index in [1.54, 1.807) is 12.1 Å². The van der Waals surface area contributed by atoms with Crippen LogP contribution in [0.1, 0.15) is 30.7 Å². The second-order valence-corrected chi connectivity index (χ2v) is 6.35. The molecule has 0 bridgehead atoms. The second kappa shape index (κ2) is 8.75. The van der Waals surface area contributed by atoms with Crippen LogP contribution in [-0.4, -0.2) is 46.9 Å². The number of ether oxygens (including phenoxy) is 1. The van der Waals surface area contributed by atoms with Crippen LogP contribution in [0.3, 0.4) is 0 Å². The number of hydrogen-bond donors (Lipinski definition) is 1.